The second-order valence-electron chi connectivity index (χ2n) is 10.0. The lowest BCUT2D eigenvalue weighted by atomic mass is 9.81. The molecule has 0 aliphatic rings. The summed E-state index contributed by atoms with van der Waals surface area (Å²) in [4.78, 5) is 11.3. The van der Waals surface area contributed by atoms with Crippen LogP contribution in [0.4, 0.5) is 4.39 Å². The summed E-state index contributed by atoms with van der Waals surface area (Å²) in [7, 11) is 1.57. The fourth-order valence-electron chi connectivity index (χ4n) is 4.42. The molecule has 4 nitrogen and oxygen atoms in total. The van der Waals surface area contributed by atoms with Crippen LogP contribution in [0.15, 0.2) is 66.7 Å². The van der Waals surface area contributed by atoms with Crippen molar-refractivity contribution in [3.63, 3.8) is 0 Å². The normalized spacial score (nSPS) is 12.5. The molecule has 190 valence electrons. The van der Waals surface area contributed by atoms with Crippen molar-refractivity contribution in [2.45, 2.75) is 59.0 Å². The summed E-state index contributed by atoms with van der Waals surface area (Å²) in [6.45, 7) is 10.5. The molecule has 3 aromatic rings. The molecule has 0 fully saturated rings. The number of ether oxygens (including phenoxy) is 2. The zero-order valence-electron chi connectivity index (χ0n) is 21.9. The van der Waals surface area contributed by atoms with E-state index in [0.717, 1.165) is 27.8 Å². The van der Waals surface area contributed by atoms with E-state index in [1.54, 1.807) is 19.2 Å². The van der Waals surface area contributed by atoms with E-state index in [2.05, 4.69) is 20.8 Å². The van der Waals surface area contributed by atoms with Gasteiger partial charge in [0.25, 0.3) is 0 Å². The Labute approximate surface area is 213 Å². The van der Waals surface area contributed by atoms with Gasteiger partial charge in [-0.3, -0.25) is 4.79 Å². The minimum absolute atomic E-state index is 0.0368. The second kappa shape index (κ2) is 11.4. The van der Waals surface area contributed by atoms with Gasteiger partial charge in [-0.05, 0) is 83.5 Å². The molecule has 0 unspecified atom stereocenters. The third-order valence-electron chi connectivity index (χ3n) is 6.22. The summed E-state index contributed by atoms with van der Waals surface area (Å²) >= 11 is 0. The Morgan fingerprint density at radius 2 is 1.75 bits per heavy atom. The molecule has 0 saturated heterocycles. The van der Waals surface area contributed by atoms with E-state index in [1.807, 2.05) is 62.4 Å². The van der Waals surface area contributed by atoms with E-state index >= 15 is 0 Å². The molecule has 5 heteroatoms. The van der Waals surface area contributed by atoms with Gasteiger partial charge >= 0.3 is 5.97 Å². The number of rotatable bonds is 9. The number of hydrogen-bond donors (Lipinski definition) is 1. The largest absolute Gasteiger partial charge is 0.497 e. The smallest absolute Gasteiger partial charge is 0.304 e. The molecular formula is C31H35FO4. The maximum Gasteiger partial charge on any atom is 0.304 e. The average Bonchev–Trinajstić information content (AvgIpc) is 2.82. The fraction of sp³-hybridized carbons (Fsp3) is 0.323. The van der Waals surface area contributed by atoms with Crippen molar-refractivity contribution in [2.24, 2.45) is 0 Å². The Morgan fingerprint density at radius 1 is 1.03 bits per heavy atom. The molecule has 0 spiro atoms. The summed E-state index contributed by atoms with van der Waals surface area (Å²) in [5.41, 5.74) is 5.01. The molecule has 0 amide bonds. The average molecular weight is 491 g/mol. The maximum atomic E-state index is 14.9. The van der Waals surface area contributed by atoms with Crippen LogP contribution in [0.1, 0.15) is 62.3 Å². The lowest BCUT2D eigenvalue weighted by molar-refractivity contribution is -0.137. The van der Waals surface area contributed by atoms with Crippen molar-refractivity contribution in [3.8, 4) is 22.6 Å². The Hall–Kier alpha value is -3.60. The zero-order valence-corrected chi connectivity index (χ0v) is 21.9. The van der Waals surface area contributed by atoms with Gasteiger partial charge in [-0.1, -0.05) is 51.1 Å². The van der Waals surface area contributed by atoms with Crippen LogP contribution < -0.4 is 9.47 Å². The van der Waals surface area contributed by atoms with E-state index in [0.29, 0.717) is 23.7 Å². The van der Waals surface area contributed by atoms with Gasteiger partial charge in [0.15, 0.2) is 0 Å². The molecule has 0 radical (unpaired) electrons. The summed E-state index contributed by atoms with van der Waals surface area (Å²) < 4.78 is 26.3. The number of aliphatic carboxylic acids is 1. The summed E-state index contributed by atoms with van der Waals surface area (Å²) in [5.74, 6) is -0.0309. The first kappa shape index (κ1) is 27.0. The van der Waals surface area contributed by atoms with E-state index in [1.165, 1.54) is 6.07 Å². The molecule has 36 heavy (non-hydrogen) atoms. The quantitative estimate of drug-likeness (QED) is 0.311. The predicted octanol–water partition coefficient (Wildman–Crippen LogP) is 7.82. The second-order valence-corrected chi connectivity index (χ2v) is 10.0. The highest BCUT2D eigenvalue weighted by Crippen LogP contribution is 2.37. The summed E-state index contributed by atoms with van der Waals surface area (Å²) in [5, 5.41) is 9.26. The molecule has 0 aliphatic carbocycles. The van der Waals surface area contributed by atoms with Crippen LogP contribution >= 0.6 is 0 Å². The number of carbonyl (C=O) groups is 1. The first-order chi connectivity index (χ1) is 17.0. The van der Waals surface area contributed by atoms with Gasteiger partial charge in [-0.25, -0.2) is 4.39 Å². The lowest BCUT2D eigenvalue weighted by Gasteiger charge is -2.24. The molecule has 3 rings (SSSR count). The molecule has 0 bridgehead atoms. The third kappa shape index (κ3) is 6.54. The summed E-state index contributed by atoms with van der Waals surface area (Å²) in [6, 6.07) is 16.5. The van der Waals surface area contributed by atoms with Crippen molar-refractivity contribution in [2.75, 3.05) is 7.11 Å². The van der Waals surface area contributed by atoms with Gasteiger partial charge in [-0.2, -0.15) is 0 Å². The molecule has 1 N–H and O–H groups in total. The number of methoxy groups -OCH3 is 1. The minimum atomic E-state index is -0.834. The van der Waals surface area contributed by atoms with Crippen LogP contribution in [0.3, 0.4) is 0 Å². The van der Waals surface area contributed by atoms with Crippen molar-refractivity contribution >= 4 is 5.97 Å². The highest BCUT2D eigenvalue weighted by Gasteiger charge is 2.21. The number of carboxylic acids is 1. The standard InChI is InChI=1S/C31H35FO4/c1-7-8-22(17-30(33)34)25-12-10-24(15-20(25)2)36-19-21-9-13-28(31(3,4)5)26(16-21)27-18-23(35-6)11-14-29(27)32/h7-16,18,22H,17,19H2,1-6H3,(H,33,34)/t22-/m1/s1. The van der Waals surface area contributed by atoms with Crippen LogP contribution in [0, 0.1) is 12.7 Å². The SMILES string of the molecule is CC=C[C@H](CC(=O)O)c1ccc(OCc2ccc(C(C)(C)C)c(-c3cc(OC)ccc3F)c2)cc1C. The van der Waals surface area contributed by atoms with E-state index < -0.39 is 5.97 Å². The van der Waals surface area contributed by atoms with Gasteiger partial charge in [-0.15, -0.1) is 0 Å². The number of allylic oxidation sites excluding steroid dienone is 2. The van der Waals surface area contributed by atoms with E-state index in [-0.39, 0.29) is 23.6 Å². The Bertz CT molecular complexity index is 1250. The number of carboxylic acid groups (broad SMARTS) is 1. The lowest BCUT2D eigenvalue weighted by Crippen LogP contribution is -2.13. The highest BCUT2D eigenvalue weighted by molar-refractivity contribution is 5.71. The van der Waals surface area contributed by atoms with Gasteiger partial charge in [0.2, 0.25) is 0 Å². The number of aryl methyl sites for hydroxylation is 1. The van der Waals surface area contributed by atoms with Crippen molar-refractivity contribution < 1.29 is 23.8 Å². The number of halogens is 1. The molecular weight excluding hydrogens is 455 g/mol. The first-order valence-electron chi connectivity index (χ1n) is 12.1. The third-order valence-corrected chi connectivity index (χ3v) is 6.22. The minimum Gasteiger partial charge on any atom is -0.497 e. The van der Waals surface area contributed by atoms with E-state index in [4.69, 9.17) is 9.47 Å². The number of hydrogen-bond acceptors (Lipinski definition) is 3. The van der Waals surface area contributed by atoms with Crippen LogP contribution in [0.25, 0.3) is 11.1 Å². The Morgan fingerprint density at radius 3 is 2.36 bits per heavy atom. The van der Waals surface area contributed by atoms with Crippen LogP contribution in [-0.2, 0) is 16.8 Å². The first-order valence-corrected chi connectivity index (χ1v) is 12.1. The van der Waals surface area contributed by atoms with E-state index in [9.17, 15) is 14.3 Å². The Kier molecular flexibility index (Phi) is 8.57. The van der Waals surface area contributed by atoms with Crippen LogP contribution in [-0.4, -0.2) is 18.2 Å². The van der Waals surface area contributed by atoms with Crippen LogP contribution in [0.2, 0.25) is 0 Å². The maximum absolute atomic E-state index is 14.9. The predicted molar refractivity (Wildman–Crippen MR) is 142 cm³/mol. The molecule has 0 aliphatic heterocycles. The summed E-state index contributed by atoms with van der Waals surface area (Å²) in [6.07, 6.45) is 3.82. The van der Waals surface area contributed by atoms with Crippen LogP contribution in [0.5, 0.6) is 11.5 Å². The van der Waals surface area contributed by atoms with Crippen molar-refractivity contribution in [3.05, 3.63) is 94.8 Å². The van der Waals surface area contributed by atoms with Gasteiger partial charge in [0, 0.05) is 11.5 Å². The van der Waals surface area contributed by atoms with Crippen molar-refractivity contribution in [1.29, 1.82) is 0 Å². The highest BCUT2D eigenvalue weighted by atomic mass is 19.1. The Balaban J connectivity index is 1.89. The number of benzene rings is 3. The van der Waals surface area contributed by atoms with Gasteiger partial charge < -0.3 is 14.6 Å². The topological polar surface area (TPSA) is 55.8 Å². The van der Waals surface area contributed by atoms with Gasteiger partial charge in [0.1, 0.15) is 23.9 Å². The molecule has 0 saturated carbocycles. The van der Waals surface area contributed by atoms with Crippen molar-refractivity contribution in [1.82, 2.24) is 0 Å². The fourth-order valence-corrected chi connectivity index (χ4v) is 4.42. The molecule has 0 aromatic heterocycles. The van der Waals surface area contributed by atoms with Gasteiger partial charge in [0.05, 0.1) is 13.5 Å². The molecule has 3 aromatic carbocycles. The monoisotopic (exact) mass is 490 g/mol. The zero-order chi connectivity index (χ0) is 26.5. The molecule has 0 heterocycles. The molecule has 1 atom stereocenters.